The molecule has 0 aliphatic carbocycles. The number of aryl methyl sites for hydroxylation is 3. The molecule has 0 aliphatic rings. The Kier molecular flexibility index (Phi) is 6.12. The van der Waals surface area contributed by atoms with E-state index >= 15 is 0 Å². The summed E-state index contributed by atoms with van der Waals surface area (Å²) in [6, 6.07) is 8.01. The maximum atomic E-state index is 12.0. The fourth-order valence-electron chi connectivity index (χ4n) is 5.03. The molecule has 0 spiro atoms. The van der Waals surface area contributed by atoms with E-state index in [1.807, 2.05) is 6.92 Å². The van der Waals surface area contributed by atoms with Gasteiger partial charge in [0.25, 0.3) is 0 Å². The predicted octanol–water partition coefficient (Wildman–Crippen LogP) is 6.20. The lowest BCUT2D eigenvalue weighted by Crippen LogP contribution is -2.25. The number of hydrogen-bond donors (Lipinski definition) is 1. The molecule has 0 aliphatic heterocycles. The highest BCUT2D eigenvalue weighted by Crippen LogP contribution is 2.36. The van der Waals surface area contributed by atoms with Gasteiger partial charge in [0.2, 0.25) is 0 Å². The van der Waals surface area contributed by atoms with Gasteiger partial charge in [0.1, 0.15) is 11.3 Å². The molecule has 3 aromatic heterocycles. The number of primary amides is 1. The lowest BCUT2D eigenvalue weighted by molar-refractivity contribution is 0.255. The highest BCUT2D eigenvalue weighted by Gasteiger charge is 2.24. The molecule has 32 heavy (non-hydrogen) atoms. The third-order valence-electron chi connectivity index (χ3n) is 6.12. The quantitative estimate of drug-likeness (QED) is 0.345. The van der Waals surface area contributed by atoms with Gasteiger partial charge < -0.3 is 10.3 Å². The monoisotopic (exact) mass is 495 g/mol. The van der Waals surface area contributed by atoms with Gasteiger partial charge in [-0.15, -0.1) is 0 Å². The van der Waals surface area contributed by atoms with E-state index in [1.54, 1.807) is 0 Å². The van der Waals surface area contributed by atoms with Crippen LogP contribution >= 0.6 is 15.9 Å². The Balaban J connectivity index is 2.16. The minimum Gasteiger partial charge on any atom is -0.350 e. The lowest BCUT2D eigenvalue weighted by Gasteiger charge is -2.19. The molecule has 2 N–H and O–H groups in total. The Morgan fingerprint density at radius 3 is 2.28 bits per heavy atom. The van der Waals surface area contributed by atoms with Crippen molar-refractivity contribution in [3.8, 4) is 11.1 Å². The highest BCUT2D eigenvalue weighted by molar-refractivity contribution is 9.10. The zero-order valence-electron chi connectivity index (χ0n) is 19.4. The van der Waals surface area contributed by atoms with Crippen LogP contribution in [0, 0.1) is 20.8 Å². The second-order valence-electron chi connectivity index (χ2n) is 8.65. The Morgan fingerprint density at radius 2 is 1.72 bits per heavy atom. The maximum absolute atomic E-state index is 12.0. The summed E-state index contributed by atoms with van der Waals surface area (Å²) in [7, 11) is 0. The van der Waals surface area contributed by atoms with Crippen LogP contribution in [0.4, 0.5) is 4.79 Å². The lowest BCUT2D eigenvalue weighted by atomic mass is 9.97. The van der Waals surface area contributed by atoms with Gasteiger partial charge in [-0.3, -0.25) is 4.40 Å². The summed E-state index contributed by atoms with van der Waals surface area (Å²) in [4.78, 5) is 21.2. The van der Waals surface area contributed by atoms with Crippen LogP contribution in [0.5, 0.6) is 0 Å². The summed E-state index contributed by atoms with van der Waals surface area (Å²) in [6.07, 6.45) is 4.12. The molecule has 0 radical (unpaired) electrons. The topological polar surface area (TPSA) is 77.7 Å². The number of amides is 2. The molecule has 3 heterocycles. The van der Waals surface area contributed by atoms with Crippen molar-refractivity contribution in [2.24, 2.45) is 10.7 Å². The fourth-order valence-corrected chi connectivity index (χ4v) is 5.72. The Labute approximate surface area is 196 Å². The minimum absolute atomic E-state index is 0.243. The van der Waals surface area contributed by atoms with Crippen LogP contribution in [0.1, 0.15) is 62.4 Å². The van der Waals surface area contributed by atoms with Crippen molar-refractivity contribution in [1.29, 1.82) is 0 Å². The first-order valence-corrected chi connectivity index (χ1v) is 12.0. The molecule has 4 aromatic rings. The number of urea groups is 1. The zero-order chi connectivity index (χ0) is 23.2. The third kappa shape index (κ3) is 3.72. The number of aromatic nitrogens is 3. The van der Waals surface area contributed by atoms with Crippen LogP contribution in [0.25, 0.3) is 27.9 Å². The van der Waals surface area contributed by atoms with E-state index in [9.17, 15) is 4.79 Å². The van der Waals surface area contributed by atoms with Gasteiger partial charge >= 0.3 is 6.03 Å². The van der Waals surface area contributed by atoms with E-state index in [0.717, 1.165) is 63.8 Å². The van der Waals surface area contributed by atoms with Gasteiger partial charge in [-0.05, 0) is 68.5 Å². The molecule has 6 nitrogen and oxygen atoms in total. The average molecular weight is 496 g/mol. The molecule has 0 fully saturated rings. The molecule has 0 saturated heterocycles. The molecule has 1 aromatic carbocycles. The standard InChI is InChI=1S/C25H30BrN5O/c1-6-8-18(9-7-2)30-21-12-16(5)28-23-19(22-14(3)10-17(26)11-15(22)4)13-20(31(21)23)24(30)29-25(27)32/h10-13,18H,6-9H2,1-5H3,(H2,27,32)/b29-24-. The number of rotatable bonds is 6. The van der Waals surface area contributed by atoms with Crippen LogP contribution in [-0.4, -0.2) is 20.0 Å². The number of benzene rings is 1. The van der Waals surface area contributed by atoms with Crippen molar-refractivity contribution in [3.63, 3.8) is 0 Å². The molecule has 0 bridgehead atoms. The second kappa shape index (κ2) is 8.70. The van der Waals surface area contributed by atoms with Crippen molar-refractivity contribution in [2.75, 3.05) is 0 Å². The summed E-state index contributed by atoms with van der Waals surface area (Å²) in [5, 5.41) is 0. The molecular weight excluding hydrogens is 466 g/mol. The Morgan fingerprint density at radius 1 is 1.09 bits per heavy atom. The van der Waals surface area contributed by atoms with Crippen molar-refractivity contribution in [1.82, 2.24) is 14.0 Å². The van der Waals surface area contributed by atoms with E-state index < -0.39 is 6.03 Å². The third-order valence-corrected chi connectivity index (χ3v) is 6.58. The maximum Gasteiger partial charge on any atom is 0.340 e. The van der Waals surface area contributed by atoms with Crippen molar-refractivity contribution < 1.29 is 4.79 Å². The van der Waals surface area contributed by atoms with Gasteiger partial charge in [-0.25, -0.2) is 9.78 Å². The van der Waals surface area contributed by atoms with Crippen LogP contribution in [0.15, 0.2) is 33.7 Å². The van der Waals surface area contributed by atoms with E-state index in [4.69, 9.17) is 10.7 Å². The largest absolute Gasteiger partial charge is 0.350 e. The van der Waals surface area contributed by atoms with Gasteiger partial charge in [0.15, 0.2) is 5.49 Å². The van der Waals surface area contributed by atoms with Gasteiger partial charge in [-0.2, -0.15) is 4.99 Å². The number of carbonyl (C=O) groups excluding carboxylic acids is 1. The summed E-state index contributed by atoms with van der Waals surface area (Å²) in [6.45, 7) is 10.6. The van der Waals surface area contributed by atoms with Crippen LogP contribution in [0.2, 0.25) is 0 Å². The first kappa shape index (κ1) is 22.5. The fraction of sp³-hybridized carbons (Fsp3) is 0.400. The predicted molar refractivity (Wildman–Crippen MR) is 133 cm³/mol. The van der Waals surface area contributed by atoms with Crippen molar-refractivity contribution in [3.05, 3.63) is 51.0 Å². The summed E-state index contributed by atoms with van der Waals surface area (Å²) in [5.74, 6) is 0. The first-order chi connectivity index (χ1) is 15.3. The highest BCUT2D eigenvalue weighted by atomic mass is 79.9. The summed E-state index contributed by atoms with van der Waals surface area (Å²) < 4.78 is 5.41. The molecule has 7 heteroatoms. The van der Waals surface area contributed by atoms with Crippen LogP contribution in [0.3, 0.4) is 0 Å². The van der Waals surface area contributed by atoms with Crippen molar-refractivity contribution in [2.45, 2.75) is 66.3 Å². The first-order valence-electron chi connectivity index (χ1n) is 11.2. The number of imidazole rings is 1. The molecule has 2 amide bonds. The Hall–Kier alpha value is -2.67. The summed E-state index contributed by atoms with van der Waals surface area (Å²) >= 11 is 3.60. The second-order valence-corrected chi connectivity index (χ2v) is 9.56. The van der Waals surface area contributed by atoms with Gasteiger partial charge in [0, 0.05) is 27.8 Å². The molecule has 0 saturated carbocycles. The zero-order valence-corrected chi connectivity index (χ0v) is 21.0. The molecule has 0 atom stereocenters. The molecule has 0 unspecified atom stereocenters. The smallest absolute Gasteiger partial charge is 0.340 e. The average Bonchev–Trinajstić information content (AvgIpc) is 3.19. The van der Waals surface area contributed by atoms with E-state index in [2.05, 4.69) is 81.9 Å². The van der Waals surface area contributed by atoms with E-state index in [0.29, 0.717) is 5.49 Å². The van der Waals surface area contributed by atoms with Crippen LogP contribution in [-0.2, 0) is 0 Å². The van der Waals surface area contributed by atoms with E-state index in [-0.39, 0.29) is 6.04 Å². The number of hydrogen-bond acceptors (Lipinski definition) is 2. The normalized spacial score (nSPS) is 12.7. The number of halogens is 1. The molecule has 168 valence electrons. The Bertz CT molecular complexity index is 1350. The summed E-state index contributed by atoms with van der Waals surface area (Å²) in [5.41, 5.74) is 14.4. The van der Waals surface area contributed by atoms with Crippen LogP contribution < -0.4 is 11.2 Å². The minimum atomic E-state index is -0.679. The molecule has 4 rings (SSSR count). The number of carbonyl (C=O) groups is 1. The molecular formula is C25H30BrN5O. The SMILES string of the molecule is CCCC(CCC)n1/c(=N\C(N)=O)c2cc(-c3c(C)cc(Br)cc3C)c3nc(C)cc1n32. The van der Waals surface area contributed by atoms with Crippen molar-refractivity contribution >= 4 is 38.8 Å². The number of nitrogens with zero attached hydrogens (tertiary/aromatic N) is 4. The van der Waals surface area contributed by atoms with E-state index in [1.165, 1.54) is 11.1 Å². The van der Waals surface area contributed by atoms with Gasteiger partial charge in [-0.1, -0.05) is 42.6 Å². The number of nitrogens with two attached hydrogens (primary N) is 1. The van der Waals surface area contributed by atoms with Gasteiger partial charge in [0.05, 0.1) is 5.52 Å².